The quantitative estimate of drug-likeness (QED) is 0.781. The third-order valence-corrected chi connectivity index (χ3v) is 4.08. The Morgan fingerprint density at radius 2 is 1.89 bits per heavy atom. The Kier molecular flexibility index (Phi) is 6.71. The van der Waals surface area contributed by atoms with Gasteiger partial charge in [0.15, 0.2) is 6.29 Å². The highest BCUT2D eigenvalue weighted by molar-refractivity contribution is 7.99. The van der Waals surface area contributed by atoms with Crippen LogP contribution in [0.1, 0.15) is 24.8 Å². The van der Waals surface area contributed by atoms with Crippen LogP contribution in [0.25, 0.3) is 0 Å². The fourth-order valence-corrected chi connectivity index (χ4v) is 2.75. The molecule has 1 fully saturated rings. The van der Waals surface area contributed by atoms with E-state index in [1.165, 1.54) is 10.5 Å². The lowest BCUT2D eigenvalue weighted by Gasteiger charge is -2.23. The highest BCUT2D eigenvalue weighted by Crippen LogP contribution is 2.19. The van der Waals surface area contributed by atoms with Gasteiger partial charge in [-0.3, -0.25) is 0 Å². The molecule has 0 spiro atoms. The molecule has 0 saturated carbocycles. The van der Waals surface area contributed by atoms with Crippen molar-refractivity contribution >= 4 is 11.8 Å². The molecule has 0 atom stereocenters. The molecule has 3 nitrogen and oxygen atoms in total. The van der Waals surface area contributed by atoms with Crippen LogP contribution in [0.4, 0.5) is 0 Å². The molecule has 1 aliphatic heterocycles. The number of hydrogen-bond acceptors (Lipinski definition) is 4. The zero-order chi connectivity index (χ0) is 13.3. The Labute approximate surface area is 119 Å². The normalized spacial score (nSPS) is 16.7. The van der Waals surface area contributed by atoms with Gasteiger partial charge in [0.1, 0.15) is 0 Å². The molecular formula is C15H22O3S. The van der Waals surface area contributed by atoms with Gasteiger partial charge < -0.3 is 14.6 Å². The van der Waals surface area contributed by atoms with E-state index in [0.29, 0.717) is 0 Å². The van der Waals surface area contributed by atoms with Crippen molar-refractivity contribution in [2.24, 2.45) is 0 Å². The number of thioether (sulfide) groups is 1. The molecule has 2 rings (SSSR count). The van der Waals surface area contributed by atoms with Crippen LogP contribution < -0.4 is 0 Å². The summed E-state index contributed by atoms with van der Waals surface area (Å²) in [6, 6.07) is 8.59. The molecule has 1 aromatic carbocycles. The lowest BCUT2D eigenvalue weighted by atomic mass is 10.1. The zero-order valence-corrected chi connectivity index (χ0v) is 12.0. The minimum Gasteiger partial charge on any atom is -0.396 e. The summed E-state index contributed by atoms with van der Waals surface area (Å²) < 4.78 is 11.1. The van der Waals surface area contributed by atoms with Gasteiger partial charge >= 0.3 is 0 Å². The second-order valence-electron chi connectivity index (χ2n) is 4.63. The Hall–Kier alpha value is -0.550. The molecule has 106 valence electrons. The van der Waals surface area contributed by atoms with E-state index in [4.69, 9.17) is 14.6 Å². The van der Waals surface area contributed by atoms with Crippen molar-refractivity contribution in [3.63, 3.8) is 0 Å². The molecular weight excluding hydrogens is 260 g/mol. The highest BCUT2D eigenvalue weighted by Gasteiger charge is 2.13. The van der Waals surface area contributed by atoms with Crippen molar-refractivity contribution in [2.75, 3.05) is 25.6 Å². The van der Waals surface area contributed by atoms with Gasteiger partial charge in [0.25, 0.3) is 0 Å². The molecule has 1 N–H and O–H groups in total. The monoisotopic (exact) mass is 282 g/mol. The minimum absolute atomic E-state index is 0.00753. The molecule has 0 radical (unpaired) electrons. The van der Waals surface area contributed by atoms with Gasteiger partial charge in [0.2, 0.25) is 0 Å². The van der Waals surface area contributed by atoms with Crippen molar-refractivity contribution in [3.05, 3.63) is 29.8 Å². The lowest BCUT2D eigenvalue weighted by molar-refractivity contribution is -0.181. The standard InChI is InChI=1S/C15H22O3S/c16-9-12-19-14-7-5-13(6-8-14)3-1-4-15-17-10-2-11-18-15/h5-8,15-16H,1-4,9-12H2. The van der Waals surface area contributed by atoms with Crippen molar-refractivity contribution in [1.29, 1.82) is 0 Å². The van der Waals surface area contributed by atoms with Crippen LogP contribution in [-0.4, -0.2) is 37.0 Å². The van der Waals surface area contributed by atoms with Crippen LogP contribution >= 0.6 is 11.8 Å². The van der Waals surface area contributed by atoms with Crippen molar-refractivity contribution in [2.45, 2.75) is 36.9 Å². The van der Waals surface area contributed by atoms with E-state index in [0.717, 1.165) is 44.6 Å². The van der Waals surface area contributed by atoms with Gasteiger partial charge in [-0.25, -0.2) is 0 Å². The first kappa shape index (κ1) is 14.9. The van der Waals surface area contributed by atoms with Crippen LogP contribution in [0.5, 0.6) is 0 Å². The number of ether oxygens (including phenoxy) is 2. The number of benzene rings is 1. The van der Waals surface area contributed by atoms with E-state index < -0.39 is 0 Å². The number of hydrogen-bond donors (Lipinski definition) is 1. The first-order valence-corrected chi connectivity index (χ1v) is 7.93. The smallest absolute Gasteiger partial charge is 0.157 e. The summed E-state index contributed by atoms with van der Waals surface area (Å²) in [6.07, 6.45) is 4.15. The van der Waals surface area contributed by atoms with E-state index in [1.807, 2.05) is 0 Å². The van der Waals surface area contributed by atoms with E-state index in [2.05, 4.69) is 24.3 Å². The summed E-state index contributed by atoms with van der Waals surface area (Å²) in [5.74, 6) is 0.760. The summed E-state index contributed by atoms with van der Waals surface area (Å²) in [4.78, 5) is 1.22. The second-order valence-corrected chi connectivity index (χ2v) is 5.80. The topological polar surface area (TPSA) is 38.7 Å². The summed E-state index contributed by atoms with van der Waals surface area (Å²) in [6.45, 7) is 1.90. The van der Waals surface area contributed by atoms with E-state index >= 15 is 0 Å². The first-order chi connectivity index (χ1) is 9.38. The second kappa shape index (κ2) is 8.59. The number of aliphatic hydroxyl groups is 1. The molecule has 0 unspecified atom stereocenters. The third kappa shape index (κ3) is 5.53. The summed E-state index contributed by atoms with van der Waals surface area (Å²) in [5.41, 5.74) is 1.35. The van der Waals surface area contributed by atoms with E-state index in [1.54, 1.807) is 11.8 Å². The summed E-state index contributed by atoms with van der Waals surface area (Å²) >= 11 is 1.69. The summed E-state index contributed by atoms with van der Waals surface area (Å²) in [7, 11) is 0. The predicted molar refractivity (Wildman–Crippen MR) is 77.5 cm³/mol. The van der Waals surface area contributed by atoms with Crippen LogP contribution in [-0.2, 0) is 15.9 Å². The van der Waals surface area contributed by atoms with Gasteiger partial charge in [-0.2, -0.15) is 0 Å². The fourth-order valence-electron chi connectivity index (χ4n) is 2.09. The number of rotatable bonds is 7. The molecule has 19 heavy (non-hydrogen) atoms. The molecule has 0 bridgehead atoms. The van der Waals surface area contributed by atoms with Crippen LogP contribution in [0, 0.1) is 0 Å². The van der Waals surface area contributed by atoms with Crippen LogP contribution in [0.15, 0.2) is 29.2 Å². The molecule has 1 aliphatic rings. The summed E-state index contributed by atoms with van der Waals surface area (Å²) in [5, 5.41) is 8.78. The van der Waals surface area contributed by atoms with Crippen molar-refractivity contribution in [3.8, 4) is 0 Å². The van der Waals surface area contributed by atoms with Gasteiger partial charge in [-0.15, -0.1) is 11.8 Å². The largest absolute Gasteiger partial charge is 0.396 e. The molecule has 0 aliphatic carbocycles. The third-order valence-electron chi connectivity index (χ3n) is 3.08. The SMILES string of the molecule is OCCSc1ccc(CCCC2OCCCO2)cc1. The van der Waals surface area contributed by atoms with E-state index in [9.17, 15) is 0 Å². The number of aryl methyl sites for hydroxylation is 1. The lowest BCUT2D eigenvalue weighted by Crippen LogP contribution is -2.24. The van der Waals surface area contributed by atoms with Crippen LogP contribution in [0.3, 0.4) is 0 Å². The number of aliphatic hydroxyl groups excluding tert-OH is 1. The van der Waals surface area contributed by atoms with E-state index in [-0.39, 0.29) is 12.9 Å². The maximum absolute atomic E-state index is 8.78. The molecule has 0 amide bonds. The molecule has 4 heteroatoms. The fraction of sp³-hybridized carbons (Fsp3) is 0.600. The average Bonchev–Trinajstić information content (AvgIpc) is 2.47. The average molecular weight is 282 g/mol. The minimum atomic E-state index is 0.00753. The first-order valence-electron chi connectivity index (χ1n) is 6.94. The maximum Gasteiger partial charge on any atom is 0.157 e. The Bertz CT molecular complexity index is 347. The molecule has 1 aromatic rings. The van der Waals surface area contributed by atoms with Crippen molar-refractivity contribution < 1.29 is 14.6 Å². The predicted octanol–water partition coefficient (Wildman–Crippen LogP) is 2.86. The highest BCUT2D eigenvalue weighted by atomic mass is 32.2. The van der Waals surface area contributed by atoms with Gasteiger partial charge in [0.05, 0.1) is 19.8 Å². The Morgan fingerprint density at radius 1 is 1.16 bits per heavy atom. The van der Waals surface area contributed by atoms with Gasteiger partial charge in [-0.1, -0.05) is 12.1 Å². The van der Waals surface area contributed by atoms with Gasteiger partial charge in [0, 0.05) is 10.6 Å². The van der Waals surface area contributed by atoms with Crippen LogP contribution in [0.2, 0.25) is 0 Å². The molecule has 0 aromatic heterocycles. The maximum atomic E-state index is 8.78. The van der Waals surface area contributed by atoms with Crippen molar-refractivity contribution in [1.82, 2.24) is 0 Å². The molecule has 1 saturated heterocycles. The zero-order valence-electron chi connectivity index (χ0n) is 11.2. The molecule has 1 heterocycles. The Balaban J connectivity index is 1.67. The van der Waals surface area contributed by atoms with Gasteiger partial charge in [-0.05, 0) is 43.4 Å². The Morgan fingerprint density at radius 3 is 2.58 bits per heavy atom.